The van der Waals surface area contributed by atoms with Crippen LogP contribution in [0.2, 0.25) is 0 Å². The highest BCUT2D eigenvalue weighted by atomic mass is 32.2. The minimum absolute atomic E-state index is 0.111. The van der Waals surface area contributed by atoms with Crippen LogP contribution in [0, 0.1) is 6.92 Å². The monoisotopic (exact) mass is 441 g/mol. The van der Waals surface area contributed by atoms with Crippen LogP contribution < -0.4 is 14.9 Å². The van der Waals surface area contributed by atoms with Gasteiger partial charge in [-0.3, -0.25) is 9.71 Å². The molecule has 2 atom stereocenters. The van der Waals surface area contributed by atoms with Gasteiger partial charge in [-0.2, -0.15) is 0 Å². The summed E-state index contributed by atoms with van der Waals surface area (Å²) >= 11 is 5.72. The van der Waals surface area contributed by atoms with E-state index in [1.54, 1.807) is 12.3 Å². The summed E-state index contributed by atoms with van der Waals surface area (Å²) in [4.78, 5) is 6.62. The van der Waals surface area contributed by atoms with Gasteiger partial charge in [0.2, 0.25) is 10.0 Å². The lowest BCUT2D eigenvalue weighted by atomic mass is 10.0. The molecule has 2 unspecified atom stereocenters. The molecule has 0 spiro atoms. The third-order valence-corrected chi connectivity index (χ3v) is 6.07. The Bertz CT molecular complexity index is 1190. The van der Waals surface area contributed by atoms with Crippen LogP contribution in [0.15, 0.2) is 60.9 Å². The van der Waals surface area contributed by atoms with E-state index in [1.165, 1.54) is 0 Å². The van der Waals surface area contributed by atoms with Crippen LogP contribution in [0.25, 0.3) is 0 Å². The SMILES string of the molecule is Cc1cc(N2C(=S)NC(c3ccccn3)C2c2cccn2C)ccc1NS(C)(=O)=O. The van der Waals surface area contributed by atoms with Crippen LogP contribution in [0.4, 0.5) is 11.4 Å². The van der Waals surface area contributed by atoms with Gasteiger partial charge in [-0.25, -0.2) is 8.42 Å². The van der Waals surface area contributed by atoms with E-state index in [1.807, 2.05) is 56.6 Å². The maximum absolute atomic E-state index is 11.6. The second kappa shape index (κ2) is 7.73. The summed E-state index contributed by atoms with van der Waals surface area (Å²) in [5.41, 5.74) is 4.24. The molecule has 1 aliphatic heterocycles. The molecule has 3 aromatic rings. The zero-order chi connectivity index (χ0) is 21.5. The summed E-state index contributed by atoms with van der Waals surface area (Å²) in [7, 11) is -1.34. The maximum Gasteiger partial charge on any atom is 0.229 e. The first kappa shape index (κ1) is 20.4. The van der Waals surface area contributed by atoms with Crippen LogP contribution in [-0.2, 0) is 17.1 Å². The molecule has 0 aliphatic carbocycles. The number of benzene rings is 1. The molecule has 7 nitrogen and oxygen atoms in total. The second-order valence-corrected chi connectivity index (χ2v) is 9.55. The van der Waals surface area contributed by atoms with Crippen molar-refractivity contribution in [3.63, 3.8) is 0 Å². The molecule has 1 saturated heterocycles. The van der Waals surface area contributed by atoms with Crippen molar-refractivity contribution in [1.82, 2.24) is 14.9 Å². The van der Waals surface area contributed by atoms with Gasteiger partial charge in [-0.05, 0) is 67.2 Å². The summed E-state index contributed by atoms with van der Waals surface area (Å²) in [6, 6.07) is 15.3. The normalized spacial score (nSPS) is 19.0. The van der Waals surface area contributed by atoms with E-state index in [-0.39, 0.29) is 12.1 Å². The minimum atomic E-state index is -3.35. The fraction of sp³-hybridized carbons (Fsp3) is 0.238. The van der Waals surface area contributed by atoms with Crippen molar-refractivity contribution in [1.29, 1.82) is 0 Å². The predicted octanol–water partition coefficient (Wildman–Crippen LogP) is 3.28. The van der Waals surface area contributed by atoms with E-state index in [9.17, 15) is 8.42 Å². The van der Waals surface area contributed by atoms with Gasteiger partial charge in [-0.15, -0.1) is 0 Å². The van der Waals surface area contributed by atoms with Gasteiger partial charge >= 0.3 is 0 Å². The Balaban J connectivity index is 1.79. The Morgan fingerprint density at radius 1 is 1.17 bits per heavy atom. The molecule has 9 heteroatoms. The van der Waals surface area contributed by atoms with Crippen molar-refractivity contribution in [3.05, 3.63) is 77.9 Å². The molecule has 0 bridgehead atoms. The summed E-state index contributed by atoms with van der Waals surface area (Å²) in [5.74, 6) is 0. The molecule has 1 fully saturated rings. The van der Waals surface area contributed by atoms with E-state index in [0.717, 1.165) is 28.9 Å². The Morgan fingerprint density at radius 3 is 2.57 bits per heavy atom. The molecule has 1 aromatic carbocycles. The topological polar surface area (TPSA) is 79.3 Å². The Labute approximate surface area is 181 Å². The molecule has 0 saturated carbocycles. The van der Waals surface area contributed by atoms with Crippen LogP contribution in [0.3, 0.4) is 0 Å². The minimum Gasteiger partial charge on any atom is -0.353 e. The zero-order valence-corrected chi connectivity index (χ0v) is 18.5. The molecule has 2 N–H and O–H groups in total. The number of anilines is 2. The lowest BCUT2D eigenvalue weighted by molar-refractivity contribution is 0.541. The molecule has 3 heterocycles. The van der Waals surface area contributed by atoms with E-state index < -0.39 is 10.0 Å². The van der Waals surface area contributed by atoms with Crippen molar-refractivity contribution in [2.75, 3.05) is 15.9 Å². The number of hydrogen-bond acceptors (Lipinski definition) is 4. The Kier molecular flexibility index (Phi) is 5.25. The maximum atomic E-state index is 11.6. The first-order chi connectivity index (χ1) is 14.2. The lowest BCUT2D eigenvalue weighted by Gasteiger charge is -2.28. The summed E-state index contributed by atoms with van der Waals surface area (Å²) in [6.07, 6.45) is 4.93. The fourth-order valence-electron chi connectivity index (χ4n) is 3.83. The molecule has 156 valence electrons. The van der Waals surface area contributed by atoms with Crippen molar-refractivity contribution < 1.29 is 8.42 Å². The smallest absolute Gasteiger partial charge is 0.229 e. The average Bonchev–Trinajstić information content (AvgIpc) is 3.25. The van der Waals surface area contributed by atoms with Crippen molar-refractivity contribution in [2.45, 2.75) is 19.0 Å². The molecule has 4 rings (SSSR count). The summed E-state index contributed by atoms with van der Waals surface area (Å²) < 4.78 is 27.9. The van der Waals surface area contributed by atoms with Gasteiger partial charge in [0.1, 0.15) is 6.04 Å². The molecule has 2 aromatic heterocycles. The van der Waals surface area contributed by atoms with Gasteiger partial charge in [0, 0.05) is 30.8 Å². The van der Waals surface area contributed by atoms with Gasteiger partial charge in [0.05, 0.1) is 23.7 Å². The number of thiocarbonyl (C=S) groups is 1. The van der Waals surface area contributed by atoms with Crippen LogP contribution in [0.1, 0.15) is 29.0 Å². The number of aryl methyl sites for hydroxylation is 2. The third-order valence-electron chi connectivity index (χ3n) is 5.17. The van der Waals surface area contributed by atoms with E-state index in [0.29, 0.717) is 10.8 Å². The number of nitrogens with zero attached hydrogens (tertiary/aromatic N) is 3. The van der Waals surface area contributed by atoms with Gasteiger partial charge in [0.25, 0.3) is 0 Å². The number of hydrogen-bond donors (Lipinski definition) is 2. The highest BCUT2D eigenvalue weighted by molar-refractivity contribution is 7.92. The first-order valence-electron chi connectivity index (χ1n) is 9.45. The van der Waals surface area contributed by atoms with Crippen LogP contribution in [-0.4, -0.2) is 29.3 Å². The number of aromatic nitrogens is 2. The van der Waals surface area contributed by atoms with Gasteiger partial charge in [-0.1, -0.05) is 6.07 Å². The largest absolute Gasteiger partial charge is 0.353 e. The van der Waals surface area contributed by atoms with E-state index >= 15 is 0 Å². The fourth-order valence-corrected chi connectivity index (χ4v) is 4.80. The quantitative estimate of drug-likeness (QED) is 0.592. The van der Waals surface area contributed by atoms with Crippen molar-refractivity contribution in [2.24, 2.45) is 7.05 Å². The molecular weight excluding hydrogens is 418 g/mol. The van der Waals surface area contributed by atoms with Gasteiger partial charge < -0.3 is 14.8 Å². The van der Waals surface area contributed by atoms with Gasteiger partial charge in [0.15, 0.2) is 5.11 Å². The number of nitrogens with one attached hydrogen (secondary N) is 2. The highest BCUT2D eigenvalue weighted by Crippen LogP contribution is 2.42. The molecule has 1 aliphatic rings. The second-order valence-electron chi connectivity index (χ2n) is 7.41. The molecular formula is C21H23N5O2S2. The number of pyridine rings is 1. The zero-order valence-electron chi connectivity index (χ0n) is 16.9. The number of sulfonamides is 1. The van der Waals surface area contributed by atoms with Crippen LogP contribution >= 0.6 is 12.2 Å². The van der Waals surface area contributed by atoms with E-state index in [4.69, 9.17) is 12.2 Å². The summed E-state index contributed by atoms with van der Waals surface area (Å²) in [5, 5.41) is 4.02. The van der Waals surface area contributed by atoms with E-state index in [2.05, 4.69) is 30.6 Å². The lowest BCUT2D eigenvalue weighted by Crippen LogP contribution is -2.30. The Morgan fingerprint density at radius 2 is 1.97 bits per heavy atom. The predicted molar refractivity (Wildman–Crippen MR) is 123 cm³/mol. The average molecular weight is 442 g/mol. The summed E-state index contributed by atoms with van der Waals surface area (Å²) in [6.45, 7) is 1.87. The molecule has 0 amide bonds. The highest BCUT2D eigenvalue weighted by Gasteiger charge is 2.41. The molecule has 0 radical (unpaired) electrons. The van der Waals surface area contributed by atoms with Crippen LogP contribution in [0.5, 0.6) is 0 Å². The van der Waals surface area contributed by atoms with Crippen molar-refractivity contribution >= 4 is 38.7 Å². The standard InChI is InChI=1S/C21H23N5O2S2/c1-14-13-15(9-10-16(14)24-30(3,27)28)26-20(18-8-6-12-25(18)2)19(23-21(26)29)17-7-4-5-11-22-17/h4-13,19-20,24H,1-3H3,(H,23,29). The number of rotatable bonds is 5. The van der Waals surface area contributed by atoms with Crippen molar-refractivity contribution in [3.8, 4) is 0 Å². The Hall–Kier alpha value is -2.91. The first-order valence-corrected chi connectivity index (χ1v) is 11.7. The molecule has 30 heavy (non-hydrogen) atoms. The third kappa shape index (κ3) is 3.90.